The largest absolute Gasteiger partial charge is 0.444 e. The number of halogens is 1. The van der Waals surface area contributed by atoms with Gasteiger partial charge >= 0.3 is 0 Å². The summed E-state index contributed by atoms with van der Waals surface area (Å²) in [6.07, 6.45) is 0. The smallest absolute Gasteiger partial charge is 0.293 e. The average Bonchev–Trinajstić information content (AvgIpc) is 3.31. The van der Waals surface area contributed by atoms with Crippen LogP contribution in [0.5, 0.6) is 0 Å². The summed E-state index contributed by atoms with van der Waals surface area (Å²) in [5.41, 5.74) is 2.10. The molecular weight excluding hydrogens is 446 g/mol. The molecule has 0 spiro atoms. The maximum absolute atomic E-state index is 12.5. The van der Waals surface area contributed by atoms with Gasteiger partial charge in [0.25, 0.3) is 15.9 Å². The third-order valence-corrected chi connectivity index (χ3v) is 5.76. The van der Waals surface area contributed by atoms with E-state index in [0.29, 0.717) is 27.5 Å². The standard InChI is InChI=1S/C19H14BrN3O4S/c1-12-2-8-15(9-3-12)28(24,25)23-14-6-4-13(5-7-14)18-21-19(27-22-18)16-10-11-17(20)26-16/h2-11,23H,1H3. The number of hydrogen-bond acceptors (Lipinski definition) is 6. The molecule has 28 heavy (non-hydrogen) atoms. The van der Waals surface area contributed by atoms with Crippen molar-refractivity contribution in [1.82, 2.24) is 10.1 Å². The summed E-state index contributed by atoms with van der Waals surface area (Å²) in [6, 6.07) is 16.8. The summed E-state index contributed by atoms with van der Waals surface area (Å²) >= 11 is 3.22. The van der Waals surface area contributed by atoms with Gasteiger partial charge in [-0.1, -0.05) is 22.9 Å². The van der Waals surface area contributed by atoms with Crippen molar-refractivity contribution in [3.63, 3.8) is 0 Å². The topological polar surface area (TPSA) is 98.2 Å². The molecule has 4 aromatic rings. The zero-order valence-corrected chi connectivity index (χ0v) is 17.0. The van der Waals surface area contributed by atoms with Crippen LogP contribution in [0.25, 0.3) is 23.0 Å². The normalized spacial score (nSPS) is 11.5. The Morgan fingerprint density at radius 2 is 1.68 bits per heavy atom. The molecule has 142 valence electrons. The summed E-state index contributed by atoms with van der Waals surface area (Å²) in [6.45, 7) is 1.90. The second-order valence-electron chi connectivity index (χ2n) is 6.02. The summed E-state index contributed by atoms with van der Waals surface area (Å²) in [4.78, 5) is 4.50. The van der Waals surface area contributed by atoms with Gasteiger partial charge in [0.2, 0.25) is 5.82 Å². The second kappa shape index (κ2) is 7.25. The SMILES string of the molecule is Cc1ccc(S(=O)(=O)Nc2ccc(-c3noc(-c4ccc(Br)o4)n3)cc2)cc1. The van der Waals surface area contributed by atoms with E-state index in [0.717, 1.165) is 5.56 Å². The molecule has 2 heterocycles. The Balaban J connectivity index is 1.53. The highest BCUT2D eigenvalue weighted by molar-refractivity contribution is 9.10. The van der Waals surface area contributed by atoms with E-state index in [-0.39, 0.29) is 10.8 Å². The zero-order valence-electron chi connectivity index (χ0n) is 14.6. The van der Waals surface area contributed by atoms with Crippen molar-refractivity contribution in [2.24, 2.45) is 0 Å². The summed E-state index contributed by atoms with van der Waals surface area (Å²) in [5.74, 6) is 1.08. The number of nitrogens with zero attached hydrogens (tertiary/aromatic N) is 2. The van der Waals surface area contributed by atoms with Crippen molar-refractivity contribution in [3.05, 3.63) is 70.9 Å². The molecule has 4 rings (SSSR count). The quantitative estimate of drug-likeness (QED) is 0.457. The molecule has 0 bridgehead atoms. The van der Waals surface area contributed by atoms with Gasteiger partial charge in [-0.15, -0.1) is 0 Å². The van der Waals surface area contributed by atoms with Crippen molar-refractivity contribution in [2.45, 2.75) is 11.8 Å². The van der Waals surface area contributed by atoms with E-state index in [1.54, 1.807) is 60.7 Å². The first kappa shape index (κ1) is 18.5. The van der Waals surface area contributed by atoms with Crippen LogP contribution in [0.1, 0.15) is 5.56 Å². The lowest BCUT2D eigenvalue weighted by atomic mass is 10.2. The van der Waals surface area contributed by atoms with E-state index in [1.807, 2.05) is 6.92 Å². The third kappa shape index (κ3) is 3.85. The lowest BCUT2D eigenvalue weighted by Crippen LogP contribution is -2.12. The molecular formula is C19H14BrN3O4S. The summed E-state index contributed by atoms with van der Waals surface area (Å²) in [7, 11) is -3.65. The molecule has 9 heteroatoms. The molecule has 7 nitrogen and oxygen atoms in total. The Morgan fingerprint density at radius 3 is 2.32 bits per heavy atom. The van der Waals surface area contributed by atoms with Gasteiger partial charge < -0.3 is 8.94 Å². The van der Waals surface area contributed by atoms with Crippen molar-refractivity contribution < 1.29 is 17.4 Å². The van der Waals surface area contributed by atoms with Crippen LogP contribution in [0.4, 0.5) is 5.69 Å². The van der Waals surface area contributed by atoms with Crippen molar-refractivity contribution in [1.29, 1.82) is 0 Å². The maximum Gasteiger partial charge on any atom is 0.293 e. The number of sulfonamides is 1. The Kier molecular flexibility index (Phi) is 4.78. The number of nitrogens with one attached hydrogen (secondary N) is 1. The van der Waals surface area contributed by atoms with Crippen LogP contribution in [0.3, 0.4) is 0 Å². The van der Waals surface area contributed by atoms with Crippen LogP contribution >= 0.6 is 15.9 Å². The monoisotopic (exact) mass is 459 g/mol. The van der Waals surface area contributed by atoms with Crippen LogP contribution in [0.2, 0.25) is 0 Å². The van der Waals surface area contributed by atoms with E-state index in [4.69, 9.17) is 8.94 Å². The van der Waals surface area contributed by atoms with Gasteiger partial charge in [-0.25, -0.2) is 8.42 Å². The minimum atomic E-state index is -3.65. The summed E-state index contributed by atoms with van der Waals surface area (Å²) < 4.78 is 38.6. The van der Waals surface area contributed by atoms with Gasteiger partial charge in [0.15, 0.2) is 10.4 Å². The van der Waals surface area contributed by atoms with Crippen LogP contribution < -0.4 is 4.72 Å². The van der Waals surface area contributed by atoms with E-state index in [1.165, 1.54) is 0 Å². The first-order valence-corrected chi connectivity index (χ1v) is 10.5. The molecule has 0 saturated heterocycles. The predicted octanol–water partition coefficient (Wildman–Crippen LogP) is 4.87. The molecule has 0 saturated carbocycles. The molecule has 0 aliphatic heterocycles. The highest BCUT2D eigenvalue weighted by atomic mass is 79.9. The number of benzene rings is 2. The van der Waals surface area contributed by atoms with Crippen LogP contribution in [-0.4, -0.2) is 18.6 Å². The lowest BCUT2D eigenvalue weighted by molar-refractivity contribution is 0.414. The Morgan fingerprint density at radius 1 is 0.964 bits per heavy atom. The fraction of sp³-hybridized carbons (Fsp3) is 0.0526. The molecule has 0 amide bonds. The van der Waals surface area contributed by atoms with Crippen molar-refractivity contribution >= 4 is 31.6 Å². The van der Waals surface area contributed by atoms with Gasteiger partial charge in [-0.05, 0) is 71.4 Å². The first-order valence-electron chi connectivity index (χ1n) is 8.20. The highest BCUT2D eigenvalue weighted by Crippen LogP contribution is 2.27. The lowest BCUT2D eigenvalue weighted by Gasteiger charge is -2.08. The van der Waals surface area contributed by atoms with E-state index in [2.05, 4.69) is 30.8 Å². The maximum atomic E-state index is 12.5. The molecule has 0 atom stereocenters. The van der Waals surface area contributed by atoms with Gasteiger partial charge in [0, 0.05) is 11.3 Å². The van der Waals surface area contributed by atoms with Gasteiger partial charge in [-0.2, -0.15) is 4.98 Å². The number of hydrogen-bond donors (Lipinski definition) is 1. The predicted molar refractivity (Wildman–Crippen MR) is 107 cm³/mol. The number of rotatable bonds is 5. The van der Waals surface area contributed by atoms with Crippen LogP contribution in [0, 0.1) is 6.92 Å². The van der Waals surface area contributed by atoms with E-state index < -0.39 is 10.0 Å². The van der Waals surface area contributed by atoms with Crippen molar-refractivity contribution in [2.75, 3.05) is 4.72 Å². The first-order chi connectivity index (χ1) is 13.4. The fourth-order valence-electron chi connectivity index (χ4n) is 2.49. The minimum absolute atomic E-state index is 0.203. The summed E-state index contributed by atoms with van der Waals surface area (Å²) in [5, 5.41) is 3.93. The fourth-order valence-corrected chi connectivity index (χ4v) is 3.85. The average molecular weight is 460 g/mol. The third-order valence-electron chi connectivity index (χ3n) is 3.94. The highest BCUT2D eigenvalue weighted by Gasteiger charge is 2.16. The number of aromatic nitrogens is 2. The zero-order chi connectivity index (χ0) is 19.7. The van der Waals surface area contributed by atoms with Gasteiger partial charge in [-0.3, -0.25) is 4.72 Å². The number of aryl methyl sites for hydroxylation is 1. The second-order valence-corrected chi connectivity index (χ2v) is 8.49. The minimum Gasteiger partial charge on any atom is -0.444 e. The molecule has 2 aromatic heterocycles. The molecule has 0 fully saturated rings. The Bertz CT molecular complexity index is 1210. The van der Waals surface area contributed by atoms with Crippen molar-refractivity contribution in [3.8, 4) is 23.0 Å². The molecule has 2 aromatic carbocycles. The van der Waals surface area contributed by atoms with Crippen LogP contribution in [-0.2, 0) is 10.0 Å². The van der Waals surface area contributed by atoms with Gasteiger partial charge in [0.1, 0.15) is 0 Å². The van der Waals surface area contributed by atoms with Gasteiger partial charge in [0.05, 0.1) is 4.90 Å². The van der Waals surface area contributed by atoms with Crippen LogP contribution in [0.15, 0.2) is 79.2 Å². The van der Waals surface area contributed by atoms with E-state index >= 15 is 0 Å². The molecule has 0 aliphatic rings. The Labute approximate surface area is 169 Å². The Hall–Kier alpha value is -2.91. The number of anilines is 1. The molecule has 0 aliphatic carbocycles. The molecule has 0 unspecified atom stereocenters. The van der Waals surface area contributed by atoms with E-state index in [9.17, 15) is 8.42 Å². The number of furan rings is 1. The molecule has 0 radical (unpaired) electrons. The molecule has 1 N–H and O–H groups in total.